The zero-order valence-corrected chi connectivity index (χ0v) is 16.9. The summed E-state index contributed by atoms with van der Waals surface area (Å²) in [6.45, 7) is 5.63. The molecule has 2 saturated heterocycles. The van der Waals surface area contributed by atoms with Gasteiger partial charge in [0.15, 0.2) is 0 Å². The summed E-state index contributed by atoms with van der Waals surface area (Å²) < 4.78 is 10.3. The predicted octanol–water partition coefficient (Wildman–Crippen LogP) is 2.51. The highest BCUT2D eigenvalue weighted by molar-refractivity contribution is 5.94. The van der Waals surface area contributed by atoms with E-state index in [2.05, 4.69) is 10.2 Å². The summed E-state index contributed by atoms with van der Waals surface area (Å²) in [6.07, 6.45) is 3.77. The standard InChI is InChI=1S/C21H31N3O4/c1-3-28-21(26)23-12-9-18(10-13-23)24-11-5-7-17(15-24)22-20(25)16-6-4-8-19(14-16)27-2/h4,6,8,14,17-18H,3,5,7,9-13,15H2,1-2H3,(H,22,25)/t17-/m0/s1. The number of hydrogen-bond donors (Lipinski definition) is 1. The average molecular weight is 389 g/mol. The van der Waals surface area contributed by atoms with E-state index in [9.17, 15) is 9.59 Å². The van der Waals surface area contributed by atoms with Crippen molar-refractivity contribution in [1.82, 2.24) is 15.1 Å². The van der Waals surface area contributed by atoms with Gasteiger partial charge in [-0.25, -0.2) is 4.79 Å². The van der Waals surface area contributed by atoms with Crippen molar-refractivity contribution in [2.75, 3.05) is 39.9 Å². The minimum Gasteiger partial charge on any atom is -0.497 e. The predicted molar refractivity (Wildman–Crippen MR) is 107 cm³/mol. The minimum absolute atomic E-state index is 0.0529. The lowest BCUT2D eigenvalue weighted by molar-refractivity contribution is 0.0601. The lowest BCUT2D eigenvalue weighted by Gasteiger charge is -2.42. The Balaban J connectivity index is 1.50. The zero-order chi connectivity index (χ0) is 19.9. The van der Waals surface area contributed by atoms with E-state index in [0.717, 1.165) is 51.9 Å². The van der Waals surface area contributed by atoms with Crippen molar-refractivity contribution in [3.63, 3.8) is 0 Å². The molecular weight excluding hydrogens is 358 g/mol. The number of hydrogen-bond acceptors (Lipinski definition) is 5. The fourth-order valence-electron chi connectivity index (χ4n) is 4.12. The first-order valence-corrected chi connectivity index (χ1v) is 10.2. The van der Waals surface area contributed by atoms with Crippen molar-refractivity contribution in [2.45, 2.75) is 44.7 Å². The molecule has 2 fully saturated rings. The molecule has 1 aromatic rings. The maximum Gasteiger partial charge on any atom is 0.409 e. The van der Waals surface area contributed by atoms with E-state index in [1.807, 2.05) is 25.1 Å². The van der Waals surface area contributed by atoms with E-state index in [0.29, 0.717) is 24.0 Å². The summed E-state index contributed by atoms with van der Waals surface area (Å²) in [6, 6.07) is 7.85. The van der Waals surface area contributed by atoms with E-state index < -0.39 is 0 Å². The summed E-state index contributed by atoms with van der Waals surface area (Å²) in [5, 5.41) is 3.18. The highest BCUT2D eigenvalue weighted by Crippen LogP contribution is 2.22. The highest BCUT2D eigenvalue weighted by atomic mass is 16.6. The number of methoxy groups -OCH3 is 1. The van der Waals surface area contributed by atoms with Crippen LogP contribution in [-0.2, 0) is 4.74 Å². The minimum atomic E-state index is -0.206. The molecule has 2 heterocycles. The van der Waals surface area contributed by atoms with Crippen LogP contribution in [0.1, 0.15) is 43.0 Å². The van der Waals surface area contributed by atoms with Gasteiger partial charge in [0.2, 0.25) is 0 Å². The molecule has 0 bridgehead atoms. The van der Waals surface area contributed by atoms with Gasteiger partial charge in [0.1, 0.15) is 5.75 Å². The van der Waals surface area contributed by atoms with Gasteiger partial charge in [-0.1, -0.05) is 6.07 Å². The van der Waals surface area contributed by atoms with E-state index in [4.69, 9.17) is 9.47 Å². The number of likely N-dealkylation sites (tertiary alicyclic amines) is 2. The van der Waals surface area contributed by atoms with Crippen molar-refractivity contribution >= 4 is 12.0 Å². The van der Waals surface area contributed by atoms with Gasteiger partial charge < -0.3 is 19.7 Å². The second-order valence-electron chi connectivity index (χ2n) is 7.46. The SMILES string of the molecule is CCOC(=O)N1CCC(N2CCC[C@H](NC(=O)c3cccc(OC)c3)C2)CC1. The maximum atomic E-state index is 12.6. The molecular formula is C21H31N3O4. The Morgan fingerprint density at radius 1 is 1.18 bits per heavy atom. The lowest BCUT2D eigenvalue weighted by Crippen LogP contribution is -2.54. The third-order valence-electron chi connectivity index (χ3n) is 5.63. The van der Waals surface area contributed by atoms with Crippen molar-refractivity contribution < 1.29 is 19.1 Å². The number of carbonyl (C=O) groups is 2. The van der Waals surface area contributed by atoms with Crippen LogP contribution in [0.15, 0.2) is 24.3 Å². The summed E-state index contributed by atoms with van der Waals surface area (Å²) >= 11 is 0. The monoisotopic (exact) mass is 389 g/mol. The van der Waals surface area contributed by atoms with Crippen LogP contribution >= 0.6 is 0 Å². The average Bonchev–Trinajstić information content (AvgIpc) is 2.74. The second-order valence-corrected chi connectivity index (χ2v) is 7.46. The summed E-state index contributed by atoms with van der Waals surface area (Å²) in [5.74, 6) is 0.633. The molecule has 0 aliphatic carbocycles. The Morgan fingerprint density at radius 3 is 2.68 bits per heavy atom. The Kier molecular flexibility index (Phi) is 7.14. The van der Waals surface area contributed by atoms with Crippen molar-refractivity contribution in [2.24, 2.45) is 0 Å². The van der Waals surface area contributed by atoms with Gasteiger partial charge in [0, 0.05) is 37.3 Å². The van der Waals surface area contributed by atoms with Gasteiger partial charge in [-0.3, -0.25) is 9.69 Å². The van der Waals surface area contributed by atoms with Crippen LogP contribution < -0.4 is 10.1 Å². The number of ether oxygens (including phenoxy) is 2. The Morgan fingerprint density at radius 2 is 1.96 bits per heavy atom. The zero-order valence-electron chi connectivity index (χ0n) is 16.9. The quantitative estimate of drug-likeness (QED) is 0.838. The van der Waals surface area contributed by atoms with Crippen LogP contribution in [0.5, 0.6) is 5.75 Å². The molecule has 0 unspecified atom stereocenters. The number of amides is 2. The number of piperidine rings is 2. The van der Waals surface area contributed by atoms with Crippen LogP contribution in [0.4, 0.5) is 4.79 Å². The Hall–Kier alpha value is -2.28. The molecule has 28 heavy (non-hydrogen) atoms. The van der Waals surface area contributed by atoms with Gasteiger partial charge in [-0.05, 0) is 57.4 Å². The largest absolute Gasteiger partial charge is 0.497 e. The fraction of sp³-hybridized carbons (Fsp3) is 0.619. The van der Waals surface area contributed by atoms with Gasteiger partial charge in [0.05, 0.1) is 13.7 Å². The third kappa shape index (κ3) is 5.16. The van der Waals surface area contributed by atoms with Crippen molar-refractivity contribution in [1.29, 1.82) is 0 Å². The molecule has 2 amide bonds. The van der Waals surface area contributed by atoms with E-state index in [-0.39, 0.29) is 18.0 Å². The molecule has 7 heteroatoms. The molecule has 1 N–H and O–H groups in total. The molecule has 1 atom stereocenters. The van der Waals surface area contributed by atoms with Crippen LogP contribution in [0.2, 0.25) is 0 Å². The fourth-order valence-corrected chi connectivity index (χ4v) is 4.12. The van der Waals surface area contributed by atoms with Gasteiger partial charge in [-0.15, -0.1) is 0 Å². The van der Waals surface area contributed by atoms with Crippen molar-refractivity contribution in [3.8, 4) is 5.75 Å². The smallest absolute Gasteiger partial charge is 0.409 e. The van der Waals surface area contributed by atoms with Crippen molar-refractivity contribution in [3.05, 3.63) is 29.8 Å². The molecule has 7 nitrogen and oxygen atoms in total. The number of nitrogens with one attached hydrogen (secondary N) is 1. The summed E-state index contributed by atoms with van der Waals surface area (Å²) in [5.41, 5.74) is 0.624. The number of rotatable bonds is 5. The van der Waals surface area contributed by atoms with E-state index in [1.54, 1.807) is 18.1 Å². The second kappa shape index (κ2) is 9.78. The Bertz CT molecular complexity index is 673. The van der Waals surface area contributed by atoms with Crippen LogP contribution in [0.25, 0.3) is 0 Å². The first-order chi connectivity index (χ1) is 13.6. The normalized spacial score (nSPS) is 21.2. The number of nitrogens with zero attached hydrogens (tertiary/aromatic N) is 2. The van der Waals surface area contributed by atoms with Gasteiger partial charge in [0.25, 0.3) is 5.91 Å². The topological polar surface area (TPSA) is 71.1 Å². The van der Waals surface area contributed by atoms with Gasteiger partial charge in [-0.2, -0.15) is 0 Å². The molecule has 2 aliphatic rings. The molecule has 1 aromatic carbocycles. The molecule has 154 valence electrons. The van der Waals surface area contributed by atoms with E-state index in [1.165, 1.54) is 0 Å². The molecule has 0 aromatic heterocycles. The Labute approximate surface area is 167 Å². The van der Waals surface area contributed by atoms with Crippen LogP contribution in [0.3, 0.4) is 0 Å². The first-order valence-electron chi connectivity index (χ1n) is 10.2. The summed E-state index contributed by atoms with van der Waals surface area (Å²) in [7, 11) is 1.60. The molecule has 0 saturated carbocycles. The highest BCUT2D eigenvalue weighted by Gasteiger charge is 2.31. The summed E-state index contributed by atoms with van der Waals surface area (Å²) in [4.78, 5) is 28.7. The molecule has 2 aliphatic heterocycles. The maximum absolute atomic E-state index is 12.6. The van der Waals surface area contributed by atoms with E-state index >= 15 is 0 Å². The first kappa shape index (κ1) is 20.5. The molecule has 0 radical (unpaired) electrons. The third-order valence-corrected chi connectivity index (χ3v) is 5.63. The molecule has 3 rings (SSSR count). The van der Waals surface area contributed by atoms with Crippen LogP contribution in [0, 0.1) is 0 Å². The lowest BCUT2D eigenvalue weighted by atomic mass is 9.98. The number of carbonyl (C=O) groups excluding carboxylic acids is 2. The number of benzene rings is 1. The molecule has 0 spiro atoms. The van der Waals surface area contributed by atoms with Gasteiger partial charge >= 0.3 is 6.09 Å². The van der Waals surface area contributed by atoms with Crippen LogP contribution in [-0.4, -0.2) is 73.8 Å².